The summed E-state index contributed by atoms with van der Waals surface area (Å²) in [6.07, 6.45) is -2.39. The maximum atomic E-state index is 13.8. The lowest BCUT2D eigenvalue weighted by molar-refractivity contribution is -0.145. The van der Waals surface area contributed by atoms with E-state index in [1.165, 1.54) is 36.4 Å². The minimum absolute atomic E-state index is 0.00317. The Balaban J connectivity index is 1.81. The summed E-state index contributed by atoms with van der Waals surface area (Å²) in [7, 11) is -3.80. The lowest BCUT2D eigenvalue weighted by Gasteiger charge is -2.25. The molecule has 1 amide bonds. The van der Waals surface area contributed by atoms with Crippen LogP contribution in [0, 0.1) is 5.82 Å². The Morgan fingerprint density at radius 1 is 1.06 bits per heavy atom. The average molecular weight is 519 g/mol. The number of fused-ring (bicyclic) bond motifs is 1. The number of amides is 1. The lowest BCUT2D eigenvalue weighted by atomic mass is 10.1. The highest BCUT2D eigenvalue weighted by Crippen LogP contribution is 2.30. The third-order valence-electron chi connectivity index (χ3n) is 5.16. The van der Waals surface area contributed by atoms with Crippen molar-refractivity contribution in [3.8, 4) is 0 Å². The van der Waals surface area contributed by atoms with E-state index in [-0.39, 0.29) is 28.5 Å². The Kier molecular flexibility index (Phi) is 6.35. The highest BCUT2D eigenvalue weighted by atomic mass is 32.2. The summed E-state index contributed by atoms with van der Waals surface area (Å²) < 4.78 is 77.2. The standard InChI is InChI=1S/C23H17F4N5O3S/c1-36(34,35)19-5-3-2-4-18(19)32(21(33)15-10-29-22(30-11-15)23(25,26)27)12-13-6-7-14-9-16(24)20(28)31-17(14)8-13/h2-11H,12H2,1H3,(H2,28,31). The summed E-state index contributed by atoms with van der Waals surface area (Å²) in [5.74, 6) is -3.28. The summed E-state index contributed by atoms with van der Waals surface area (Å²) >= 11 is 0. The van der Waals surface area contributed by atoms with Crippen LogP contribution in [0.15, 0.2) is 65.8 Å². The Morgan fingerprint density at radius 2 is 1.72 bits per heavy atom. The van der Waals surface area contributed by atoms with Crippen LogP contribution >= 0.6 is 0 Å². The molecule has 0 aliphatic heterocycles. The van der Waals surface area contributed by atoms with Gasteiger partial charge in [0.1, 0.15) is 0 Å². The van der Waals surface area contributed by atoms with Gasteiger partial charge in [0, 0.05) is 24.0 Å². The molecular weight excluding hydrogens is 502 g/mol. The Morgan fingerprint density at radius 3 is 2.36 bits per heavy atom. The quantitative estimate of drug-likeness (QED) is 0.396. The Bertz CT molecular complexity index is 1580. The number of alkyl halides is 3. The van der Waals surface area contributed by atoms with Crippen LogP contribution in [-0.4, -0.2) is 35.5 Å². The van der Waals surface area contributed by atoms with Crippen LogP contribution in [0.2, 0.25) is 0 Å². The Labute approximate surface area is 202 Å². The fourth-order valence-electron chi connectivity index (χ4n) is 3.48. The van der Waals surface area contributed by atoms with Crippen molar-refractivity contribution in [3.63, 3.8) is 0 Å². The molecule has 4 rings (SSSR count). The number of aromatic nitrogens is 3. The van der Waals surface area contributed by atoms with Crippen LogP contribution in [0.3, 0.4) is 0 Å². The van der Waals surface area contributed by atoms with Crippen molar-refractivity contribution in [2.24, 2.45) is 0 Å². The molecule has 4 aromatic rings. The monoisotopic (exact) mass is 519 g/mol. The van der Waals surface area contributed by atoms with Crippen molar-refractivity contribution in [3.05, 3.63) is 83.7 Å². The van der Waals surface area contributed by atoms with Gasteiger partial charge in [0.05, 0.1) is 28.2 Å². The third-order valence-corrected chi connectivity index (χ3v) is 6.30. The van der Waals surface area contributed by atoms with Gasteiger partial charge in [0.25, 0.3) is 5.91 Å². The van der Waals surface area contributed by atoms with Crippen LogP contribution in [0.25, 0.3) is 10.9 Å². The molecule has 0 saturated carbocycles. The van der Waals surface area contributed by atoms with Gasteiger partial charge in [-0.2, -0.15) is 13.2 Å². The number of nitrogens with zero attached hydrogens (tertiary/aromatic N) is 4. The number of hydrogen-bond acceptors (Lipinski definition) is 7. The fraction of sp³-hybridized carbons (Fsp3) is 0.130. The van der Waals surface area contributed by atoms with Crippen LogP contribution < -0.4 is 10.6 Å². The Hall–Kier alpha value is -4.13. The number of anilines is 2. The van der Waals surface area contributed by atoms with E-state index in [1.54, 1.807) is 12.1 Å². The molecule has 0 spiro atoms. The van der Waals surface area contributed by atoms with E-state index in [2.05, 4.69) is 15.0 Å². The number of sulfone groups is 1. The van der Waals surface area contributed by atoms with E-state index >= 15 is 0 Å². The third kappa shape index (κ3) is 5.10. The van der Waals surface area contributed by atoms with Gasteiger partial charge in [-0.15, -0.1) is 0 Å². The molecule has 0 aliphatic carbocycles. The molecule has 186 valence electrons. The van der Waals surface area contributed by atoms with Crippen molar-refractivity contribution in [2.75, 3.05) is 16.9 Å². The number of halogens is 4. The molecule has 2 aromatic carbocycles. The first-order chi connectivity index (χ1) is 16.8. The predicted octanol–water partition coefficient (Wildman–Crippen LogP) is 4.02. The first kappa shape index (κ1) is 25.0. The highest BCUT2D eigenvalue weighted by molar-refractivity contribution is 7.90. The molecule has 8 nitrogen and oxygen atoms in total. The summed E-state index contributed by atoms with van der Waals surface area (Å²) in [6, 6.07) is 11.5. The van der Waals surface area contributed by atoms with E-state index < -0.39 is 33.6 Å². The zero-order valence-corrected chi connectivity index (χ0v) is 19.3. The maximum absolute atomic E-state index is 13.8. The van der Waals surface area contributed by atoms with E-state index in [9.17, 15) is 30.8 Å². The second-order valence-electron chi connectivity index (χ2n) is 7.81. The number of carbonyl (C=O) groups is 1. The van der Waals surface area contributed by atoms with E-state index in [4.69, 9.17) is 5.73 Å². The number of nitrogens with two attached hydrogens (primary N) is 1. The normalized spacial score (nSPS) is 12.0. The summed E-state index contributed by atoms with van der Waals surface area (Å²) in [4.78, 5) is 24.8. The SMILES string of the molecule is CS(=O)(=O)c1ccccc1N(Cc1ccc2cc(F)c(N)nc2c1)C(=O)c1cnc(C(F)(F)F)nc1. The van der Waals surface area contributed by atoms with Crippen molar-refractivity contribution in [1.29, 1.82) is 0 Å². The molecule has 0 aliphatic rings. The van der Waals surface area contributed by atoms with Crippen molar-refractivity contribution < 1.29 is 30.8 Å². The summed E-state index contributed by atoms with van der Waals surface area (Å²) in [5, 5.41) is 0.441. The highest BCUT2D eigenvalue weighted by Gasteiger charge is 2.35. The maximum Gasteiger partial charge on any atom is 0.451 e. The molecular formula is C23H17F4N5O3S. The largest absolute Gasteiger partial charge is 0.451 e. The molecule has 0 fully saturated rings. The van der Waals surface area contributed by atoms with E-state index in [0.29, 0.717) is 16.5 Å². The van der Waals surface area contributed by atoms with E-state index in [1.807, 2.05) is 0 Å². The van der Waals surface area contributed by atoms with Gasteiger partial charge in [-0.1, -0.05) is 24.3 Å². The summed E-state index contributed by atoms with van der Waals surface area (Å²) in [6.45, 7) is -0.207. The predicted molar refractivity (Wildman–Crippen MR) is 123 cm³/mol. The topological polar surface area (TPSA) is 119 Å². The van der Waals surface area contributed by atoms with Crippen LogP contribution in [0.5, 0.6) is 0 Å². The first-order valence-corrected chi connectivity index (χ1v) is 12.1. The molecule has 0 unspecified atom stereocenters. The molecule has 0 saturated heterocycles. The number of nitrogen functional groups attached to an aromatic ring is 1. The molecule has 2 N–H and O–H groups in total. The molecule has 36 heavy (non-hydrogen) atoms. The zero-order valence-electron chi connectivity index (χ0n) is 18.5. The number of para-hydroxylation sites is 1. The molecule has 2 heterocycles. The molecule has 0 bridgehead atoms. The molecule has 0 radical (unpaired) electrons. The van der Waals surface area contributed by atoms with Crippen molar-refractivity contribution in [1.82, 2.24) is 15.0 Å². The number of benzene rings is 2. The fourth-order valence-corrected chi connectivity index (χ4v) is 4.37. The van der Waals surface area contributed by atoms with Crippen molar-refractivity contribution >= 4 is 38.2 Å². The zero-order chi connectivity index (χ0) is 26.3. The van der Waals surface area contributed by atoms with Gasteiger partial charge >= 0.3 is 6.18 Å². The van der Waals surface area contributed by atoms with E-state index in [0.717, 1.165) is 23.5 Å². The van der Waals surface area contributed by atoms with Gasteiger partial charge in [-0.05, 0) is 29.8 Å². The number of rotatable bonds is 5. The molecule has 0 atom stereocenters. The number of pyridine rings is 1. The lowest BCUT2D eigenvalue weighted by Crippen LogP contribution is -2.32. The minimum Gasteiger partial charge on any atom is -0.381 e. The first-order valence-electron chi connectivity index (χ1n) is 10.2. The second kappa shape index (κ2) is 9.15. The van der Waals surface area contributed by atoms with Gasteiger partial charge in [-0.3, -0.25) is 4.79 Å². The number of carbonyl (C=O) groups excluding carboxylic acids is 1. The van der Waals surface area contributed by atoms with Crippen molar-refractivity contribution in [2.45, 2.75) is 17.6 Å². The van der Waals surface area contributed by atoms with Gasteiger partial charge in [-0.25, -0.2) is 27.8 Å². The van der Waals surface area contributed by atoms with Crippen LogP contribution in [0.1, 0.15) is 21.7 Å². The van der Waals surface area contributed by atoms with Gasteiger partial charge in [0.15, 0.2) is 21.5 Å². The van der Waals surface area contributed by atoms with Crippen LogP contribution in [0.4, 0.5) is 29.1 Å². The van der Waals surface area contributed by atoms with Gasteiger partial charge in [0.2, 0.25) is 5.82 Å². The van der Waals surface area contributed by atoms with Crippen LogP contribution in [-0.2, 0) is 22.6 Å². The number of hydrogen-bond donors (Lipinski definition) is 1. The summed E-state index contributed by atoms with van der Waals surface area (Å²) in [5.41, 5.74) is 6.04. The minimum atomic E-state index is -4.80. The average Bonchev–Trinajstić information content (AvgIpc) is 2.82. The second-order valence-corrected chi connectivity index (χ2v) is 9.79. The molecule has 13 heteroatoms. The smallest absolute Gasteiger partial charge is 0.381 e. The molecule has 2 aromatic heterocycles. The van der Waals surface area contributed by atoms with Gasteiger partial charge < -0.3 is 10.6 Å².